The van der Waals surface area contributed by atoms with Gasteiger partial charge in [0.15, 0.2) is 11.2 Å². The van der Waals surface area contributed by atoms with Crippen LogP contribution in [-0.2, 0) is 38.1 Å². The van der Waals surface area contributed by atoms with Gasteiger partial charge in [0.05, 0.1) is 8.95 Å². The van der Waals surface area contributed by atoms with Crippen LogP contribution in [0.5, 0.6) is 11.5 Å². The molecule has 2 aliphatic heterocycles. The third-order valence-electron chi connectivity index (χ3n) is 6.10. The van der Waals surface area contributed by atoms with Crippen molar-refractivity contribution in [3.63, 3.8) is 0 Å². The van der Waals surface area contributed by atoms with Crippen LogP contribution in [0.2, 0.25) is 0 Å². The molecule has 10 nitrogen and oxygen atoms in total. The molecule has 2 unspecified atom stereocenters. The summed E-state index contributed by atoms with van der Waals surface area (Å²) in [6, 6.07) is 3.29. The Bertz CT molecular complexity index is 1240. The predicted octanol–water partition coefficient (Wildman–Crippen LogP) is 6.42. The van der Waals surface area contributed by atoms with Crippen molar-refractivity contribution >= 4 is 103 Å². The van der Waals surface area contributed by atoms with Gasteiger partial charge in [0, 0.05) is 40.2 Å². The summed E-state index contributed by atoms with van der Waals surface area (Å²) in [6.07, 6.45) is 0. The monoisotopic (exact) mass is 842 g/mol. The van der Waals surface area contributed by atoms with Gasteiger partial charge in [-0.05, 0) is 65.6 Å². The minimum absolute atomic E-state index is 0.176. The minimum atomic E-state index is -1.34. The highest BCUT2D eigenvalue weighted by Crippen LogP contribution is 2.38. The summed E-state index contributed by atoms with van der Waals surface area (Å²) >= 11 is 13.0. The molecule has 0 saturated carbocycles. The van der Waals surface area contributed by atoms with Gasteiger partial charge in [0.25, 0.3) is 0 Å². The molecule has 0 amide bonds. The molecule has 254 valence electrons. The minimum Gasteiger partial charge on any atom is -0.488 e. The second-order valence-corrected chi connectivity index (χ2v) is 18.0. The number of ether oxygens (including phenoxy) is 6. The van der Waals surface area contributed by atoms with Crippen LogP contribution in [0.25, 0.3) is 0 Å². The zero-order chi connectivity index (χ0) is 34.1. The average Bonchev–Trinajstić information content (AvgIpc) is 3.73. The molecule has 0 spiro atoms. The molecule has 0 N–H and O–H groups in total. The fourth-order valence-electron chi connectivity index (χ4n) is 3.59. The molecule has 0 aliphatic carbocycles. The van der Waals surface area contributed by atoms with Crippen molar-refractivity contribution < 1.29 is 47.6 Å². The number of thioether (sulfide) groups is 4. The number of hydrogen-bond donors (Lipinski definition) is 0. The maximum Gasteiger partial charge on any atom is 0.333 e. The van der Waals surface area contributed by atoms with E-state index in [-0.39, 0.29) is 46.7 Å². The third kappa shape index (κ3) is 11.9. The van der Waals surface area contributed by atoms with E-state index in [1.807, 2.05) is 0 Å². The van der Waals surface area contributed by atoms with Crippen LogP contribution in [0.1, 0.15) is 27.7 Å². The molecular weight excluding hydrogens is 808 g/mol. The van der Waals surface area contributed by atoms with E-state index in [0.717, 1.165) is 23.0 Å². The normalized spacial score (nSPS) is 17.7. The van der Waals surface area contributed by atoms with Crippen molar-refractivity contribution in [1.82, 2.24) is 0 Å². The Labute approximate surface area is 302 Å². The molecule has 1 aromatic carbocycles. The van der Waals surface area contributed by atoms with Crippen LogP contribution < -0.4 is 9.47 Å². The average molecular weight is 845 g/mol. The highest BCUT2D eigenvalue weighted by atomic mass is 79.9. The smallest absolute Gasteiger partial charge is 0.333 e. The summed E-state index contributed by atoms with van der Waals surface area (Å²) in [5, 5.41) is 0. The highest BCUT2D eigenvalue weighted by molar-refractivity contribution is 9.11. The van der Waals surface area contributed by atoms with Crippen LogP contribution in [0, 0.1) is 0 Å². The molecule has 1 aromatic rings. The molecule has 0 radical (unpaired) electrons. The van der Waals surface area contributed by atoms with Gasteiger partial charge in [-0.3, -0.25) is 0 Å². The maximum atomic E-state index is 12.6. The van der Waals surface area contributed by atoms with Crippen molar-refractivity contribution in [2.45, 2.75) is 48.1 Å². The zero-order valence-electron chi connectivity index (χ0n) is 25.9. The summed E-state index contributed by atoms with van der Waals surface area (Å²) in [5.74, 6) is 1.99. The summed E-state index contributed by atoms with van der Waals surface area (Å²) in [6.45, 7) is 12.7. The number of hydrogen-bond acceptors (Lipinski definition) is 14. The number of rotatable bonds is 16. The summed E-state index contributed by atoms with van der Waals surface area (Å²) in [7, 11) is 0. The first-order valence-electron chi connectivity index (χ1n) is 13.9. The first-order chi connectivity index (χ1) is 21.6. The van der Waals surface area contributed by atoms with Crippen molar-refractivity contribution in [3.05, 3.63) is 45.4 Å². The van der Waals surface area contributed by atoms with E-state index in [4.69, 9.17) is 28.4 Å². The summed E-state index contributed by atoms with van der Waals surface area (Å²) in [5.41, 5.74) is -2.33. The Morgan fingerprint density at radius 1 is 0.696 bits per heavy atom. The van der Waals surface area contributed by atoms with E-state index in [9.17, 15) is 19.2 Å². The molecule has 46 heavy (non-hydrogen) atoms. The molecule has 0 bridgehead atoms. The summed E-state index contributed by atoms with van der Waals surface area (Å²) < 4.78 is 35.0. The third-order valence-corrected chi connectivity index (χ3v) is 13.2. The topological polar surface area (TPSA) is 124 Å². The molecule has 2 atom stereocenters. The number of carbonyl (C=O) groups excluding carboxylic acids is 4. The molecular formula is C30H36Br2O10S4. The van der Waals surface area contributed by atoms with Crippen LogP contribution in [0.3, 0.4) is 0 Å². The van der Waals surface area contributed by atoms with E-state index in [0.29, 0.717) is 20.4 Å². The first-order valence-corrected chi connectivity index (χ1v) is 19.7. The van der Waals surface area contributed by atoms with Gasteiger partial charge in [0.1, 0.15) is 47.1 Å². The van der Waals surface area contributed by atoms with Gasteiger partial charge in [-0.1, -0.05) is 13.2 Å². The fourth-order valence-corrected chi connectivity index (χ4v) is 9.95. The Balaban J connectivity index is 1.73. The highest BCUT2D eigenvalue weighted by Gasteiger charge is 2.37. The van der Waals surface area contributed by atoms with Crippen LogP contribution in [0.4, 0.5) is 0 Å². The fraction of sp³-hybridized carbons (Fsp3) is 0.533. The molecule has 0 aromatic heterocycles. The van der Waals surface area contributed by atoms with Gasteiger partial charge >= 0.3 is 23.9 Å². The quantitative estimate of drug-likeness (QED) is 0.103. The van der Waals surface area contributed by atoms with Gasteiger partial charge < -0.3 is 28.4 Å². The van der Waals surface area contributed by atoms with E-state index in [1.165, 1.54) is 60.9 Å². The molecule has 3 rings (SSSR count). The molecule has 2 fully saturated rings. The lowest BCUT2D eigenvalue weighted by atomic mass is 10.1. The number of carbonyl (C=O) groups is 4. The molecule has 2 saturated heterocycles. The Morgan fingerprint density at radius 2 is 1.04 bits per heavy atom. The van der Waals surface area contributed by atoms with Gasteiger partial charge in [0.2, 0.25) is 0 Å². The Hall–Kier alpha value is -1.46. The SMILES string of the molecule is C=C(C)C(=O)OC(C)(COC(=O)C1SCCS1)COc1cc(OCC(C)(COC(=O)C2SCCS2)OC(=O)C(=C)C)c(Br)cc1Br. The van der Waals surface area contributed by atoms with Gasteiger partial charge in [-0.2, -0.15) is 0 Å². The van der Waals surface area contributed by atoms with Crippen molar-refractivity contribution in [1.29, 1.82) is 0 Å². The van der Waals surface area contributed by atoms with Gasteiger partial charge in [-0.15, -0.1) is 47.0 Å². The first kappa shape index (κ1) is 39.0. The number of halogens is 2. The van der Waals surface area contributed by atoms with Crippen molar-refractivity contribution in [2.24, 2.45) is 0 Å². The second-order valence-electron chi connectivity index (χ2n) is 10.9. The lowest BCUT2D eigenvalue weighted by molar-refractivity contribution is -0.170. The number of esters is 4. The van der Waals surface area contributed by atoms with Gasteiger partial charge in [-0.25, -0.2) is 19.2 Å². The summed E-state index contributed by atoms with van der Waals surface area (Å²) in [4.78, 5) is 50.1. The maximum absolute atomic E-state index is 12.6. The largest absolute Gasteiger partial charge is 0.488 e. The van der Waals surface area contributed by atoms with E-state index < -0.39 is 35.1 Å². The number of benzene rings is 1. The van der Waals surface area contributed by atoms with Crippen LogP contribution in [-0.4, -0.2) is 93.7 Å². The predicted molar refractivity (Wildman–Crippen MR) is 191 cm³/mol. The Kier molecular flexibility index (Phi) is 15.1. The van der Waals surface area contributed by atoms with E-state index >= 15 is 0 Å². The van der Waals surface area contributed by atoms with Crippen LogP contribution >= 0.6 is 78.9 Å². The van der Waals surface area contributed by atoms with Crippen LogP contribution in [0.15, 0.2) is 45.4 Å². The zero-order valence-corrected chi connectivity index (χ0v) is 32.3. The Morgan fingerprint density at radius 3 is 1.37 bits per heavy atom. The molecule has 2 aliphatic rings. The van der Waals surface area contributed by atoms with Crippen molar-refractivity contribution in [2.75, 3.05) is 49.4 Å². The molecule has 16 heteroatoms. The van der Waals surface area contributed by atoms with E-state index in [2.05, 4.69) is 45.0 Å². The lowest BCUT2D eigenvalue weighted by Crippen LogP contribution is -2.44. The van der Waals surface area contributed by atoms with Crippen molar-refractivity contribution in [3.8, 4) is 11.5 Å². The molecule has 2 heterocycles. The van der Waals surface area contributed by atoms with E-state index in [1.54, 1.807) is 26.0 Å². The lowest BCUT2D eigenvalue weighted by Gasteiger charge is -2.30. The second kappa shape index (κ2) is 17.8. The standard InChI is InChI=1S/C30H36Br2O10S4/c1-17(2)23(33)41-29(5,15-39-25(35)27-43-7-8-44-27)13-37-21-12-22(20(32)11-19(21)31)38-14-30(6,42-24(34)18(3)4)16-40-26(36)28-45-9-10-46-28/h11-12,27-28H,1,3,7-10,13-16H2,2,4-6H3.